The predicted octanol–water partition coefficient (Wildman–Crippen LogP) is 1.99. The number of unbranched alkanes of at least 4 members (excludes halogenated alkanes) is 3. The first-order valence-electron chi connectivity index (χ1n) is 8.05. The number of carbonyl (C=O) groups is 2. The van der Waals surface area contributed by atoms with Crippen LogP contribution >= 0.6 is 0 Å². The molecule has 0 fully saturated rings. The molecular formula is C17H28N4O2. The number of anilines is 1. The number of hydrogen-bond acceptors (Lipinski definition) is 3. The number of amides is 3. The van der Waals surface area contributed by atoms with Crippen LogP contribution in [0.5, 0.6) is 0 Å². The fourth-order valence-electron chi connectivity index (χ4n) is 2.14. The lowest BCUT2D eigenvalue weighted by molar-refractivity contribution is -0.118. The van der Waals surface area contributed by atoms with Crippen molar-refractivity contribution in [1.82, 2.24) is 10.6 Å². The van der Waals surface area contributed by atoms with Gasteiger partial charge in [0.25, 0.3) is 0 Å². The van der Waals surface area contributed by atoms with Crippen LogP contribution in [0.15, 0.2) is 24.3 Å². The zero-order chi connectivity index (χ0) is 17.1. The van der Waals surface area contributed by atoms with Gasteiger partial charge in [-0.2, -0.15) is 0 Å². The third-order valence-electron chi connectivity index (χ3n) is 3.54. The molecule has 1 rings (SSSR count). The van der Waals surface area contributed by atoms with Crippen LogP contribution in [0.1, 0.15) is 37.7 Å². The number of nitrogens with two attached hydrogens (primary N) is 1. The molecule has 0 aromatic heterocycles. The van der Waals surface area contributed by atoms with Gasteiger partial charge in [-0.05, 0) is 30.5 Å². The van der Waals surface area contributed by atoms with E-state index in [0.717, 1.165) is 36.9 Å². The predicted molar refractivity (Wildman–Crippen MR) is 93.3 cm³/mol. The SMILES string of the molecule is CN(C)c1ccc(CNC(=O)NCCCCCCC(N)=O)cc1. The number of hydrogen-bond donors (Lipinski definition) is 3. The van der Waals surface area contributed by atoms with Gasteiger partial charge in [0, 0.05) is 39.3 Å². The van der Waals surface area contributed by atoms with Crippen LogP contribution < -0.4 is 21.3 Å². The first-order chi connectivity index (χ1) is 11.0. The maximum absolute atomic E-state index is 11.7. The Bertz CT molecular complexity index is 486. The van der Waals surface area contributed by atoms with Gasteiger partial charge in [-0.3, -0.25) is 4.79 Å². The average molecular weight is 320 g/mol. The molecule has 0 heterocycles. The monoisotopic (exact) mass is 320 g/mol. The van der Waals surface area contributed by atoms with Gasteiger partial charge < -0.3 is 21.3 Å². The molecule has 0 unspecified atom stereocenters. The van der Waals surface area contributed by atoms with Crippen LogP contribution in [-0.4, -0.2) is 32.6 Å². The molecule has 3 amide bonds. The van der Waals surface area contributed by atoms with Crippen molar-refractivity contribution in [3.8, 4) is 0 Å². The lowest BCUT2D eigenvalue weighted by Crippen LogP contribution is -2.35. The van der Waals surface area contributed by atoms with Crippen molar-refractivity contribution in [2.24, 2.45) is 5.73 Å². The minimum Gasteiger partial charge on any atom is -0.378 e. The number of carbonyl (C=O) groups excluding carboxylic acids is 2. The fraction of sp³-hybridized carbons (Fsp3) is 0.529. The summed E-state index contributed by atoms with van der Waals surface area (Å²) in [5.41, 5.74) is 7.27. The Kier molecular flexibility index (Phi) is 8.57. The Morgan fingerprint density at radius 1 is 1.00 bits per heavy atom. The van der Waals surface area contributed by atoms with Gasteiger partial charge in [-0.25, -0.2) is 4.79 Å². The van der Waals surface area contributed by atoms with Gasteiger partial charge in [0.2, 0.25) is 5.91 Å². The minimum atomic E-state index is -0.249. The number of benzene rings is 1. The van der Waals surface area contributed by atoms with Gasteiger partial charge in [0.05, 0.1) is 0 Å². The van der Waals surface area contributed by atoms with Crippen molar-refractivity contribution < 1.29 is 9.59 Å². The number of rotatable bonds is 10. The van der Waals surface area contributed by atoms with Crippen molar-refractivity contribution in [2.45, 2.75) is 38.6 Å². The Hall–Kier alpha value is -2.24. The van der Waals surface area contributed by atoms with Crippen LogP contribution in [0.4, 0.5) is 10.5 Å². The van der Waals surface area contributed by atoms with E-state index in [4.69, 9.17) is 5.73 Å². The molecule has 0 radical (unpaired) electrons. The Labute approximate surface area is 138 Å². The van der Waals surface area contributed by atoms with Crippen molar-refractivity contribution in [1.29, 1.82) is 0 Å². The fourth-order valence-corrected chi connectivity index (χ4v) is 2.14. The first-order valence-corrected chi connectivity index (χ1v) is 8.05. The van der Waals surface area contributed by atoms with E-state index in [1.54, 1.807) is 0 Å². The number of nitrogens with zero attached hydrogens (tertiary/aromatic N) is 1. The summed E-state index contributed by atoms with van der Waals surface area (Å²) in [6.45, 7) is 1.15. The second-order valence-corrected chi connectivity index (χ2v) is 5.80. The molecule has 0 aliphatic rings. The standard InChI is InChI=1S/C17H28N4O2/c1-21(2)15-10-8-14(9-11-15)13-20-17(23)19-12-6-4-3-5-7-16(18)22/h8-11H,3-7,12-13H2,1-2H3,(H2,18,22)(H2,19,20,23). The Balaban J connectivity index is 2.09. The molecule has 23 heavy (non-hydrogen) atoms. The molecule has 0 spiro atoms. The highest BCUT2D eigenvalue weighted by molar-refractivity contribution is 5.74. The van der Waals surface area contributed by atoms with Gasteiger partial charge >= 0.3 is 6.03 Å². The normalized spacial score (nSPS) is 10.2. The topological polar surface area (TPSA) is 87.5 Å². The molecule has 6 nitrogen and oxygen atoms in total. The second-order valence-electron chi connectivity index (χ2n) is 5.80. The highest BCUT2D eigenvalue weighted by Gasteiger charge is 2.01. The smallest absolute Gasteiger partial charge is 0.315 e. The van der Waals surface area contributed by atoms with Crippen LogP contribution in [-0.2, 0) is 11.3 Å². The molecule has 4 N–H and O–H groups in total. The van der Waals surface area contributed by atoms with Crippen LogP contribution in [0.3, 0.4) is 0 Å². The van der Waals surface area contributed by atoms with Crippen LogP contribution in [0, 0.1) is 0 Å². The molecular weight excluding hydrogens is 292 g/mol. The summed E-state index contributed by atoms with van der Waals surface area (Å²) in [6.07, 6.45) is 4.12. The summed E-state index contributed by atoms with van der Waals surface area (Å²) >= 11 is 0. The second kappa shape index (κ2) is 10.5. The summed E-state index contributed by atoms with van der Waals surface area (Å²) in [5, 5.41) is 5.67. The Morgan fingerprint density at radius 3 is 2.26 bits per heavy atom. The molecule has 0 saturated heterocycles. The summed E-state index contributed by atoms with van der Waals surface area (Å²) in [5.74, 6) is -0.249. The molecule has 1 aromatic carbocycles. The number of primary amides is 1. The van der Waals surface area contributed by atoms with Gasteiger partial charge in [-0.15, -0.1) is 0 Å². The molecule has 0 saturated carbocycles. The average Bonchev–Trinajstić information content (AvgIpc) is 2.52. The Morgan fingerprint density at radius 2 is 1.65 bits per heavy atom. The summed E-state index contributed by atoms with van der Waals surface area (Å²) in [6, 6.07) is 7.92. The summed E-state index contributed by atoms with van der Waals surface area (Å²) in [7, 11) is 3.99. The maximum Gasteiger partial charge on any atom is 0.315 e. The largest absolute Gasteiger partial charge is 0.378 e. The number of nitrogens with one attached hydrogen (secondary N) is 2. The van der Waals surface area contributed by atoms with E-state index < -0.39 is 0 Å². The molecule has 0 atom stereocenters. The zero-order valence-electron chi connectivity index (χ0n) is 14.1. The summed E-state index contributed by atoms with van der Waals surface area (Å²) in [4.78, 5) is 24.3. The zero-order valence-corrected chi connectivity index (χ0v) is 14.1. The molecule has 128 valence electrons. The molecule has 0 bridgehead atoms. The van der Waals surface area contributed by atoms with Crippen molar-refractivity contribution in [2.75, 3.05) is 25.5 Å². The van der Waals surface area contributed by atoms with E-state index in [9.17, 15) is 9.59 Å². The van der Waals surface area contributed by atoms with Crippen LogP contribution in [0.25, 0.3) is 0 Å². The lowest BCUT2D eigenvalue weighted by Gasteiger charge is -2.13. The molecule has 0 aliphatic carbocycles. The van der Waals surface area contributed by atoms with Gasteiger partial charge in [0.1, 0.15) is 0 Å². The van der Waals surface area contributed by atoms with Gasteiger partial charge in [0.15, 0.2) is 0 Å². The van der Waals surface area contributed by atoms with Gasteiger partial charge in [-0.1, -0.05) is 25.0 Å². The third-order valence-corrected chi connectivity index (χ3v) is 3.54. The third kappa shape index (κ3) is 8.70. The van der Waals surface area contributed by atoms with Crippen molar-refractivity contribution in [3.05, 3.63) is 29.8 Å². The highest BCUT2D eigenvalue weighted by Crippen LogP contribution is 2.11. The van der Waals surface area contributed by atoms with Crippen molar-refractivity contribution >= 4 is 17.6 Å². The lowest BCUT2D eigenvalue weighted by atomic mass is 10.1. The first kappa shape index (κ1) is 18.8. The van der Waals surface area contributed by atoms with E-state index in [1.807, 2.05) is 43.3 Å². The van der Waals surface area contributed by atoms with E-state index in [-0.39, 0.29) is 11.9 Å². The van der Waals surface area contributed by atoms with E-state index in [0.29, 0.717) is 19.5 Å². The number of urea groups is 1. The minimum absolute atomic E-state index is 0.154. The molecule has 1 aromatic rings. The highest BCUT2D eigenvalue weighted by atomic mass is 16.2. The van der Waals surface area contributed by atoms with E-state index in [2.05, 4.69) is 10.6 Å². The van der Waals surface area contributed by atoms with Crippen molar-refractivity contribution in [3.63, 3.8) is 0 Å². The quantitative estimate of drug-likeness (QED) is 0.576. The van der Waals surface area contributed by atoms with Crippen LogP contribution in [0.2, 0.25) is 0 Å². The van der Waals surface area contributed by atoms with E-state index >= 15 is 0 Å². The van der Waals surface area contributed by atoms with E-state index in [1.165, 1.54) is 0 Å². The summed E-state index contributed by atoms with van der Waals surface area (Å²) < 4.78 is 0. The molecule has 6 heteroatoms. The maximum atomic E-state index is 11.7. The molecule has 0 aliphatic heterocycles.